The maximum atomic E-state index is 13.8. The second-order valence-corrected chi connectivity index (χ2v) is 4.71. The van der Waals surface area contributed by atoms with Crippen LogP contribution in [0, 0.1) is 18.6 Å². The predicted octanol–water partition coefficient (Wildman–Crippen LogP) is 3.28. The van der Waals surface area contributed by atoms with E-state index in [1.165, 1.54) is 13.8 Å². The zero-order chi connectivity index (χ0) is 16.4. The highest BCUT2D eigenvalue weighted by atomic mass is 19.4. The van der Waals surface area contributed by atoms with E-state index in [9.17, 15) is 26.7 Å². The minimum atomic E-state index is -4.65. The maximum absolute atomic E-state index is 13.8. The lowest BCUT2D eigenvalue weighted by atomic mass is 10.0. The van der Waals surface area contributed by atoms with Gasteiger partial charge in [-0.2, -0.15) is 13.2 Å². The first-order valence-electron chi connectivity index (χ1n) is 5.99. The van der Waals surface area contributed by atoms with Gasteiger partial charge in [0.15, 0.2) is 0 Å². The third kappa shape index (κ3) is 4.96. The molecule has 0 aromatic heterocycles. The van der Waals surface area contributed by atoms with E-state index < -0.39 is 42.9 Å². The summed E-state index contributed by atoms with van der Waals surface area (Å²) in [4.78, 5) is 11.2. The fourth-order valence-corrected chi connectivity index (χ4v) is 1.91. The van der Waals surface area contributed by atoms with E-state index >= 15 is 0 Å². The summed E-state index contributed by atoms with van der Waals surface area (Å²) >= 11 is 0. The average molecular weight is 311 g/mol. The Balaban J connectivity index is 3.12. The van der Waals surface area contributed by atoms with Gasteiger partial charge < -0.3 is 5.11 Å². The molecule has 1 unspecified atom stereocenters. The van der Waals surface area contributed by atoms with Crippen LogP contribution in [0.4, 0.5) is 22.0 Å². The number of benzene rings is 1. The zero-order valence-corrected chi connectivity index (χ0v) is 11.3. The van der Waals surface area contributed by atoms with Crippen molar-refractivity contribution in [1.82, 2.24) is 4.90 Å². The Kier molecular flexibility index (Phi) is 5.27. The van der Waals surface area contributed by atoms with Crippen LogP contribution in [0.5, 0.6) is 0 Å². The van der Waals surface area contributed by atoms with Crippen LogP contribution >= 0.6 is 0 Å². The number of aliphatic carboxylic acids is 1. The van der Waals surface area contributed by atoms with E-state index in [2.05, 4.69) is 0 Å². The maximum Gasteiger partial charge on any atom is 0.401 e. The number of carbonyl (C=O) groups is 1. The van der Waals surface area contributed by atoms with Crippen molar-refractivity contribution in [1.29, 1.82) is 0 Å². The molecule has 0 radical (unpaired) electrons. The second kappa shape index (κ2) is 6.38. The Morgan fingerprint density at radius 1 is 1.29 bits per heavy atom. The molecule has 21 heavy (non-hydrogen) atoms. The summed E-state index contributed by atoms with van der Waals surface area (Å²) < 4.78 is 64.7. The summed E-state index contributed by atoms with van der Waals surface area (Å²) in [6.45, 7) is 0.0461. The van der Waals surface area contributed by atoms with E-state index in [1.54, 1.807) is 0 Å². The van der Waals surface area contributed by atoms with Crippen LogP contribution in [0.3, 0.4) is 0 Å². The first kappa shape index (κ1) is 17.4. The number of nitrogens with zero attached hydrogens (tertiary/aromatic N) is 1. The van der Waals surface area contributed by atoms with Crippen molar-refractivity contribution >= 4 is 5.97 Å². The minimum absolute atomic E-state index is 0.0176. The molecule has 8 heteroatoms. The summed E-state index contributed by atoms with van der Waals surface area (Å²) in [6.07, 6.45) is -4.65. The van der Waals surface area contributed by atoms with Crippen molar-refractivity contribution in [2.75, 3.05) is 13.1 Å². The number of aryl methyl sites for hydroxylation is 1. The lowest BCUT2D eigenvalue weighted by Crippen LogP contribution is -2.39. The number of alkyl halides is 3. The fraction of sp³-hybridized carbons (Fsp3) is 0.462. The molecule has 0 heterocycles. The van der Waals surface area contributed by atoms with E-state index in [4.69, 9.17) is 5.11 Å². The second-order valence-electron chi connectivity index (χ2n) is 4.71. The standard InChI is InChI=1S/C13H14F5NO2/c1-7-3-11(15)9(4-10(7)14)8(2)19(5-12(20)21)6-13(16,17)18/h3-4,8H,5-6H2,1-2H3,(H,20,21). The fourth-order valence-electron chi connectivity index (χ4n) is 1.91. The molecule has 0 spiro atoms. The van der Waals surface area contributed by atoms with Gasteiger partial charge in [0.1, 0.15) is 11.6 Å². The molecule has 3 nitrogen and oxygen atoms in total. The number of hydrogen-bond donors (Lipinski definition) is 1. The van der Waals surface area contributed by atoms with Gasteiger partial charge in [-0.1, -0.05) is 0 Å². The normalized spacial score (nSPS) is 13.5. The molecule has 1 rings (SSSR count). The molecule has 1 aromatic carbocycles. The summed E-state index contributed by atoms with van der Waals surface area (Å²) in [7, 11) is 0. The highest BCUT2D eigenvalue weighted by molar-refractivity contribution is 5.69. The monoisotopic (exact) mass is 311 g/mol. The van der Waals surface area contributed by atoms with Crippen molar-refractivity contribution in [3.8, 4) is 0 Å². The van der Waals surface area contributed by atoms with Crippen LogP contribution in [-0.4, -0.2) is 35.2 Å². The topological polar surface area (TPSA) is 40.5 Å². The predicted molar refractivity (Wildman–Crippen MR) is 64.8 cm³/mol. The van der Waals surface area contributed by atoms with Gasteiger partial charge in [-0.3, -0.25) is 9.69 Å². The van der Waals surface area contributed by atoms with Gasteiger partial charge in [0.25, 0.3) is 0 Å². The molecule has 0 fully saturated rings. The molecule has 1 N–H and O–H groups in total. The Labute approximate surface area is 118 Å². The van der Waals surface area contributed by atoms with Gasteiger partial charge in [0.2, 0.25) is 0 Å². The molecule has 1 atom stereocenters. The molecule has 118 valence electrons. The van der Waals surface area contributed by atoms with E-state index in [1.807, 2.05) is 0 Å². The third-order valence-corrected chi connectivity index (χ3v) is 3.00. The Morgan fingerprint density at radius 3 is 2.33 bits per heavy atom. The van der Waals surface area contributed by atoms with Gasteiger partial charge in [-0.05, 0) is 31.5 Å². The van der Waals surface area contributed by atoms with E-state index in [0.29, 0.717) is 4.90 Å². The van der Waals surface area contributed by atoms with Crippen molar-refractivity contribution in [3.63, 3.8) is 0 Å². The van der Waals surface area contributed by atoms with Crippen LogP contribution in [0.15, 0.2) is 12.1 Å². The highest BCUT2D eigenvalue weighted by Crippen LogP contribution is 2.28. The Morgan fingerprint density at radius 2 is 1.86 bits per heavy atom. The van der Waals surface area contributed by atoms with Crippen molar-refractivity contribution in [2.45, 2.75) is 26.1 Å². The third-order valence-electron chi connectivity index (χ3n) is 3.00. The van der Waals surface area contributed by atoms with Crippen LogP contribution in [0.25, 0.3) is 0 Å². The molecule has 0 aliphatic heterocycles. The molecule has 0 bridgehead atoms. The lowest BCUT2D eigenvalue weighted by molar-refractivity contribution is -0.158. The quantitative estimate of drug-likeness (QED) is 0.848. The summed E-state index contributed by atoms with van der Waals surface area (Å²) in [5.41, 5.74) is -0.298. The molecule has 0 amide bonds. The summed E-state index contributed by atoms with van der Waals surface area (Å²) in [5.74, 6) is -3.13. The minimum Gasteiger partial charge on any atom is -0.480 e. The zero-order valence-electron chi connectivity index (χ0n) is 11.3. The highest BCUT2D eigenvalue weighted by Gasteiger charge is 2.34. The first-order chi connectivity index (χ1) is 9.51. The van der Waals surface area contributed by atoms with Gasteiger partial charge in [0.05, 0.1) is 13.1 Å². The Hall–Kier alpha value is -1.70. The van der Waals surface area contributed by atoms with E-state index in [-0.39, 0.29) is 11.1 Å². The van der Waals surface area contributed by atoms with Crippen LogP contribution in [-0.2, 0) is 4.79 Å². The molecule has 0 saturated heterocycles. The molecule has 0 saturated carbocycles. The van der Waals surface area contributed by atoms with Crippen LogP contribution in [0.1, 0.15) is 24.1 Å². The van der Waals surface area contributed by atoms with Crippen LogP contribution in [0.2, 0.25) is 0 Å². The number of halogens is 5. The molecule has 1 aromatic rings. The molecule has 0 aliphatic carbocycles. The number of hydrogen-bond acceptors (Lipinski definition) is 2. The van der Waals surface area contributed by atoms with E-state index in [0.717, 1.165) is 12.1 Å². The molecule has 0 aliphatic rings. The number of carboxylic acids is 1. The van der Waals surface area contributed by atoms with Crippen molar-refractivity contribution < 1.29 is 31.9 Å². The van der Waals surface area contributed by atoms with Gasteiger partial charge >= 0.3 is 12.1 Å². The van der Waals surface area contributed by atoms with Crippen molar-refractivity contribution in [3.05, 3.63) is 34.9 Å². The number of carboxylic acid groups (broad SMARTS) is 1. The smallest absolute Gasteiger partial charge is 0.401 e. The lowest BCUT2D eigenvalue weighted by Gasteiger charge is -2.29. The Bertz CT molecular complexity index is 530. The number of rotatable bonds is 5. The van der Waals surface area contributed by atoms with Gasteiger partial charge in [0, 0.05) is 11.6 Å². The summed E-state index contributed by atoms with van der Waals surface area (Å²) in [6, 6.07) is 0.423. The van der Waals surface area contributed by atoms with Crippen LogP contribution < -0.4 is 0 Å². The molecular weight excluding hydrogens is 297 g/mol. The van der Waals surface area contributed by atoms with Gasteiger partial charge in [-0.15, -0.1) is 0 Å². The molecular formula is C13H14F5NO2. The largest absolute Gasteiger partial charge is 0.480 e. The summed E-state index contributed by atoms with van der Waals surface area (Å²) in [5, 5.41) is 8.67. The SMILES string of the molecule is Cc1cc(F)c(C(C)N(CC(=O)O)CC(F)(F)F)cc1F. The van der Waals surface area contributed by atoms with Crippen molar-refractivity contribution in [2.24, 2.45) is 0 Å². The van der Waals surface area contributed by atoms with Gasteiger partial charge in [-0.25, -0.2) is 8.78 Å². The first-order valence-corrected chi connectivity index (χ1v) is 5.99. The average Bonchev–Trinajstić information content (AvgIpc) is 2.29.